The molecule has 154 valence electrons. The SMILES string of the molecule is CC1=C(C)C[C@](C(=O)O[C@H]2C[C@H](C)CC[C@H]2C(C)C)(c2ccccc2)S(=O)C1. The molecule has 0 saturated heterocycles. The van der Waals surface area contributed by atoms with Gasteiger partial charge < -0.3 is 4.74 Å². The lowest BCUT2D eigenvalue weighted by Gasteiger charge is -2.41. The molecule has 2 aliphatic rings. The van der Waals surface area contributed by atoms with E-state index < -0.39 is 15.5 Å². The molecule has 1 saturated carbocycles. The molecule has 0 radical (unpaired) electrons. The number of benzene rings is 1. The second-order valence-corrected chi connectivity index (χ2v) is 10.9. The number of carbonyl (C=O) groups excluding carboxylic acids is 1. The maximum Gasteiger partial charge on any atom is 0.330 e. The Morgan fingerprint density at radius 2 is 1.82 bits per heavy atom. The molecule has 1 fully saturated rings. The van der Waals surface area contributed by atoms with Gasteiger partial charge in [-0.2, -0.15) is 0 Å². The Morgan fingerprint density at radius 1 is 1.14 bits per heavy atom. The van der Waals surface area contributed by atoms with Crippen molar-refractivity contribution in [2.45, 2.75) is 71.2 Å². The van der Waals surface area contributed by atoms with Crippen molar-refractivity contribution in [2.24, 2.45) is 17.8 Å². The number of esters is 1. The Labute approximate surface area is 172 Å². The standard InChI is InChI=1S/C24H34O3S/c1-16(2)21-12-11-17(3)13-22(21)27-23(25)24(20-9-7-6-8-10-20)14-18(4)19(5)15-28(24)26/h6-10,16-17,21-22H,11-15H2,1-5H3/t17-,21+,22+,24-,28?/m1/s1. The van der Waals surface area contributed by atoms with Crippen molar-refractivity contribution >= 4 is 16.8 Å². The Kier molecular flexibility index (Phi) is 6.48. The Hall–Kier alpha value is -1.42. The maximum absolute atomic E-state index is 13.7. The zero-order valence-electron chi connectivity index (χ0n) is 17.9. The van der Waals surface area contributed by atoms with Crippen molar-refractivity contribution < 1.29 is 13.7 Å². The van der Waals surface area contributed by atoms with Gasteiger partial charge in [0.2, 0.25) is 0 Å². The largest absolute Gasteiger partial charge is 0.461 e. The van der Waals surface area contributed by atoms with E-state index in [-0.39, 0.29) is 12.1 Å². The molecule has 4 heteroatoms. The van der Waals surface area contributed by atoms with Crippen LogP contribution in [0.5, 0.6) is 0 Å². The number of ether oxygens (including phenoxy) is 1. The minimum Gasteiger partial charge on any atom is -0.461 e. The molecule has 1 aliphatic heterocycles. The van der Waals surface area contributed by atoms with Crippen molar-refractivity contribution in [3.63, 3.8) is 0 Å². The number of rotatable bonds is 4. The molecule has 1 heterocycles. The highest BCUT2D eigenvalue weighted by Crippen LogP contribution is 2.43. The minimum absolute atomic E-state index is 0.0823. The van der Waals surface area contributed by atoms with E-state index in [1.54, 1.807) is 0 Å². The van der Waals surface area contributed by atoms with Crippen LogP contribution < -0.4 is 0 Å². The van der Waals surface area contributed by atoms with Gasteiger partial charge in [-0.25, -0.2) is 0 Å². The van der Waals surface area contributed by atoms with E-state index >= 15 is 0 Å². The Morgan fingerprint density at radius 3 is 2.46 bits per heavy atom. The van der Waals surface area contributed by atoms with E-state index in [1.165, 1.54) is 6.42 Å². The first-order chi connectivity index (χ1) is 13.3. The van der Waals surface area contributed by atoms with Crippen LogP contribution in [0.3, 0.4) is 0 Å². The van der Waals surface area contributed by atoms with Crippen LogP contribution in [0.25, 0.3) is 0 Å². The number of hydrogen-bond acceptors (Lipinski definition) is 3. The van der Waals surface area contributed by atoms with Crippen molar-refractivity contribution in [2.75, 3.05) is 5.75 Å². The van der Waals surface area contributed by atoms with E-state index in [0.29, 0.717) is 29.9 Å². The van der Waals surface area contributed by atoms with Crippen molar-refractivity contribution in [3.05, 3.63) is 47.0 Å². The summed E-state index contributed by atoms with van der Waals surface area (Å²) in [5.74, 6) is 1.54. The highest BCUT2D eigenvalue weighted by atomic mass is 32.2. The predicted octanol–water partition coefficient (Wildman–Crippen LogP) is 5.37. The fourth-order valence-electron chi connectivity index (χ4n) is 4.75. The molecule has 0 amide bonds. The predicted molar refractivity (Wildman–Crippen MR) is 115 cm³/mol. The number of carbonyl (C=O) groups is 1. The lowest BCUT2D eigenvalue weighted by molar-refractivity contribution is -0.159. The van der Waals surface area contributed by atoms with Gasteiger partial charge in [0.1, 0.15) is 6.10 Å². The molecule has 0 bridgehead atoms. The van der Waals surface area contributed by atoms with Crippen molar-refractivity contribution in [1.82, 2.24) is 0 Å². The third kappa shape index (κ3) is 3.98. The van der Waals surface area contributed by atoms with Gasteiger partial charge in [-0.15, -0.1) is 0 Å². The van der Waals surface area contributed by atoms with Gasteiger partial charge in [0, 0.05) is 23.0 Å². The van der Waals surface area contributed by atoms with Crippen molar-refractivity contribution in [1.29, 1.82) is 0 Å². The summed E-state index contributed by atoms with van der Waals surface area (Å²) >= 11 is 0. The highest BCUT2D eigenvalue weighted by Gasteiger charge is 2.51. The number of allylic oxidation sites excluding steroid dienone is 1. The zero-order chi connectivity index (χ0) is 20.5. The lowest BCUT2D eigenvalue weighted by atomic mass is 9.75. The molecule has 0 N–H and O–H groups in total. The summed E-state index contributed by atoms with van der Waals surface area (Å²) in [5, 5.41) is 0. The maximum atomic E-state index is 13.7. The summed E-state index contributed by atoms with van der Waals surface area (Å²) in [6.45, 7) is 10.7. The third-order valence-electron chi connectivity index (χ3n) is 6.77. The normalized spacial score (nSPS) is 33.8. The fourth-order valence-corrected chi connectivity index (χ4v) is 6.65. The van der Waals surface area contributed by atoms with Gasteiger partial charge >= 0.3 is 5.97 Å². The summed E-state index contributed by atoms with van der Waals surface area (Å²) in [6, 6.07) is 9.62. The summed E-state index contributed by atoms with van der Waals surface area (Å²) in [6.07, 6.45) is 3.58. The third-order valence-corrected chi connectivity index (χ3v) is 8.79. The molecule has 5 atom stereocenters. The molecular formula is C24H34O3S. The molecule has 3 rings (SSSR count). The first kappa shape index (κ1) is 21.3. The lowest BCUT2D eigenvalue weighted by Crippen LogP contribution is -2.48. The van der Waals surface area contributed by atoms with Crippen LogP contribution in [0.2, 0.25) is 0 Å². The van der Waals surface area contributed by atoms with Crippen LogP contribution in [-0.2, 0) is 25.1 Å². The molecule has 1 aromatic rings. The van der Waals surface area contributed by atoms with Crippen LogP contribution in [-0.4, -0.2) is 22.0 Å². The quantitative estimate of drug-likeness (QED) is 0.502. The average Bonchev–Trinajstić information content (AvgIpc) is 2.65. The number of hydrogen-bond donors (Lipinski definition) is 0. The summed E-state index contributed by atoms with van der Waals surface area (Å²) < 4.78 is 18.6. The van der Waals surface area contributed by atoms with Gasteiger partial charge in [0.15, 0.2) is 4.75 Å². The molecular weight excluding hydrogens is 368 g/mol. The average molecular weight is 403 g/mol. The zero-order valence-corrected chi connectivity index (χ0v) is 18.7. The van der Waals surface area contributed by atoms with E-state index in [2.05, 4.69) is 27.7 Å². The second kappa shape index (κ2) is 8.52. The minimum atomic E-state index is -1.34. The van der Waals surface area contributed by atoms with Crippen molar-refractivity contribution in [3.8, 4) is 0 Å². The first-order valence-electron chi connectivity index (χ1n) is 10.6. The topological polar surface area (TPSA) is 43.4 Å². The van der Waals surface area contributed by atoms with E-state index in [1.807, 2.05) is 37.3 Å². The Bertz CT molecular complexity index is 767. The molecule has 1 unspecified atom stereocenters. The summed E-state index contributed by atoms with van der Waals surface area (Å²) in [4.78, 5) is 13.7. The van der Waals surface area contributed by atoms with E-state index in [0.717, 1.165) is 29.6 Å². The van der Waals surface area contributed by atoms with Gasteiger partial charge in [-0.3, -0.25) is 9.00 Å². The monoisotopic (exact) mass is 402 g/mol. The molecule has 1 aromatic carbocycles. The van der Waals surface area contributed by atoms with Gasteiger partial charge in [-0.05, 0) is 50.0 Å². The van der Waals surface area contributed by atoms with E-state index in [4.69, 9.17) is 4.74 Å². The molecule has 0 spiro atoms. The summed E-state index contributed by atoms with van der Waals surface area (Å²) in [7, 11) is -1.34. The Balaban J connectivity index is 1.97. The second-order valence-electron chi connectivity index (χ2n) is 9.19. The van der Waals surface area contributed by atoms with Crippen LogP contribution in [0.4, 0.5) is 0 Å². The van der Waals surface area contributed by atoms with Crippen LogP contribution >= 0.6 is 0 Å². The molecule has 1 aliphatic carbocycles. The molecule has 0 aromatic heterocycles. The van der Waals surface area contributed by atoms with Crippen LogP contribution in [0.15, 0.2) is 41.5 Å². The summed E-state index contributed by atoms with van der Waals surface area (Å²) in [5.41, 5.74) is 3.09. The highest BCUT2D eigenvalue weighted by molar-refractivity contribution is 7.87. The van der Waals surface area contributed by atoms with Crippen LogP contribution in [0.1, 0.15) is 65.9 Å². The van der Waals surface area contributed by atoms with Gasteiger partial charge in [-0.1, -0.05) is 68.7 Å². The first-order valence-corrected chi connectivity index (χ1v) is 11.9. The smallest absolute Gasteiger partial charge is 0.330 e. The fraction of sp³-hybridized carbons (Fsp3) is 0.625. The van der Waals surface area contributed by atoms with Gasteiger partial charge in [0.05, 0.1) is 0 Å². The molecule has 28 heavy (non-hydrogen) atoms. The molecule has 3 nitrogen and oxygen atoms in total. The van der Waals surface area contributed by atoms with E-state index in [9.17, 15) is 9.00 Å². The van der Waals surface area contributed by atoms with Gasteiger partial charge in [0.25, 0.3) is 0 Å². The van der Waals surface area contributed by atoms with Crippen LogP contribution in [0, 0.1) is 17.8 Å².